The lowest BCUT2D eigenvalue weighted by Crippen LogP contribution is -2.38. The molecule has 0 aliphatic carbocycles. The number of likely N-dealkylation sites (tertiary alicyclic amines) is 1. The lowest BCUT2D eigenvalue weighted by molar-refractivity contribution is 0.0569. The van der Waals surface area contributed by atoms with Gasteiger partial charge in [0, 0.05) is 25.4 Å². The average molecular weight is 365 g/mol. The Balaban J connectivity index is 1.54. The zero-order chi connectivity index (χ0) is 18.6. The van der Waals surface area contributed by atoms with Crippen molar-refractivity contribution in [2.24, 2.45) is 0 Å². The number of carbonyl (C=O) groups excluding carboxylic acids is 1. The van der Waals surface area contributed by atoms with E-state index in [0.29, 0.717) is 30.2 Å². The number of halogens is 1. The Morgan fingerprint density at radius 1 is 1.22 bits per heavy atom. The van der Waals surface area contributed by atoms with Gasteiger partial charge in [-0.25, -0.2) is 9.37 Å². The molecule has 5 nitrogen and oxygen atoms in total. The molecular weight excluding hydrogens is 345 g/mol. The van der Waals surface area contributed by atoms with Crippen LogP contribution in [0.3, 0.4) is 0 Å². The number of piperidine rings is 1. The highest BCUT2D eigenvalue weighted by Gasteiger charge is 2.32. The Kier molecular flexibility index (Phi) is 4.96. The third kappa shape index (κ3) is 3.89. The summed E-state index contributed by atoms with van der Waals surface area (Å²) in [5, 5.41) is 0. The van der Waals surface area contributed by atoms with E-state index in [0.717, 1.165) is 24.8 Å². The maximum absolute atomic E-state index is 13.4. The van der Waals surface area contributed by atoms with Crippen molar-refractivity contribution in [1.29, 1.82) is 0 Å². The predicted octanol–water partition coefficient (Wildman–Crippen LogP) is 4.17. The van der Waals surface area contributed by atoms with Crippen LogP contribution in [0.5, 0.6) is 0 Å². The van der Waals surface area contributed by atoms with Crippen molar-refractivity contribution in [1.82, 2.24) is 14.9 Å². The smallest absolute Gasteiger partial charge is 0.256 e. The molecule has 0 saturated carbocycles. The normalized spacial score (nSPS) is 17.1. The summed E-state index contributed by atoms with van der Waals surface area (Å²) in [5.74, 6) is 0.874. The highest BCUT2D eigenvalue weighted by molar-refractivity contribution is 5.94. The van der Waals surface area contributed by atoms with Crippen molar-refractivity contribution in [2.75, 3.05) is 6.54 Å². The molecule has 1 amide bonds. The van der Waals surface area contributed by atoms with Crippen LogP contribution < -0.4 is 0 Å². The molecule has 0 bridgehead atoms. The second kappa shape index (κ2) is 7.70. The number of benzene rings is 1. The molecule has 6 heteroatoms. The lowest BCUT2D eigenvalue weighted by atomic mass is 10.0. The van der Waals surface area contributed by atoms with E-state index in [1.54, 1.807) is 36.8 Å². The highest BCUT2D eigenvalue weighted by Crippen LogP contribution is 2.32. The topological polar surface area (TPSA) is 59.2 Å². The van der Waals surface area contributed by atoms with E-state index in [1.807, 2.05) is 11.0 Å². The summed E-state index contributed by atoms with van der Waals surface area (Å²) in [6.45, 7) is 0.667. The minimum atomic E-state index is -0.271. The highest BCUT2D eigenvalue weighted by atomic mass is 19.1. The molecule has 0 unspecified atom stereocenters. The van der Waals surface area contributed by atoms with Gasteiger partial charge in [0.25, 0.3) is 5.91 Å². The van der Waals surface area contributed by atoms with Gasteiger partial charge in [0.1, 0.15) is 17.6 Å². The van der Waals surface area contributed by atoms with Crippen LogP contribution in [-0.4, -0.2) is 27.3 Å². The van der Waals surface area contributed by atoms with Crippen LogP contribution in [-0.2, 0) is 6.42 Å². The molecule has 3 heterocycles. The van der Waals surface area contributed by atoms with Gasteiger partial charge in [-0.15, -0.1) is 0 Å². The molecule has 4 rings (SSSR count). The van der Waals surface area contributed by atoms with Gasteiger partial charge >= 0.3 is 0 Å². The summed E-state index contributed by atoms with van der Waals surface area (Å²) < 4.78 is 19.3. The first-order valence-corrected chi connectivity index (χ1v) is 9.11. The maximum Gasteiger partial charge on any atom is 0.256 e. The van der Waals surface area contributed by atoms with Gasteiger partial charge < -0.3 is 9.32 Å². The van der Waals surface area contributed by atoms with Crippen molar-refractivity contribution in [2.45, 2.75) is 31.7 Å². The fourth-order valence-corrected chi connectivity index (χ4v) is 3.49. The summed E-state index contributed by atoms with van der Waals surface area (Å²) in [6, 6.07) is 9.77. The molecule has 1 aliphatic heterocycles. The van der Waals surface area contributed by atoms with E-state index in [-0.39, 0.29) is 17.8 Å². The first-order valence-electron chi connectivity index (χ1n) is 9.11. The molecular formula is C21H20FN3O2. The zero-order valence-corrected chi connectivity index (χ0v) is 14.8. The van der Waals surface area contributed by atoms with Gasteiger partial charge in [-0.3, -0.25) is 9.78 Å². The first-order chi connectivity index (χ1) is 13.2. The number of hydrogen-bond donors (Lipinski definition) is 0. The number of rotatable bonds is 4. The maximum atomic E-state index is 13.4. The molecule has 3 aromatic rings. The number of nitrogens with zero attached hydrogens (tertiary/aromatic N) is 3. The van der Waals surface area contributed by atoms with Crippen LogP contribution in [0, 0.1) is 5.82 Å². The molecule has 0 N–H and O–H groups in total. The summed E-state index contributed by atoms with van der Waals surface area (Å²) in [5.41, 5.74) is 1.39. The van der Waals surface area contributed by atoms with Gasteiger partial charge in [0.15, 0.2) is 0 Å². The van der Waals surface area contributed by atoms with Gasteiger partial charge in [0.2, 0.25) is 5.89 Å². The van der Waals surface area contributed by atoms with E-state index in [4.69, 9.17) is 4.42 Å². The Morgan fingerprint density at radius 3 is 2.96 bits per heavy atom. The SMILES string of the molecule is O=C(c1cccnc1)N1CCCC[C@@H]1c1ncc(Cc2cccc(F)c2)o1. The van der Waals surface area contributed by atoms with Crippen molar-refractivity contribution in [3.63, 3.8) is 0 Å². The number of hydrogen-bond acceptors (Lipinski definition) is 4. The molecule has 1 saturated heterocycles. The summed E-state index contributed by atoms with van der Waals surface area (Å²) in [7, 11) is 0. The minimum absolute atomic E-state index is 0.0577. The van der Waals surface area contributed by atoms with E-state index >= 15 is 0 Å². The van der Waals surface area contributed by atoms with Crippen molar-refractivity contribution in [3.05, 3.63) is 83.6 Å². The summed E-state index contributed by atoms with van der Waals surface area (Å²) >= 11 is 0. The number of pyridine rings is 1. The molecule has 138 valence electrons. The standard InChI is InChI=1S/C21H20FN3O2/c22-17-7-3-5-15(11-17)12-18-14-24-20(27-18)19-8-1-2-10-25(19)21(26)16-6-4-9-23-13-16/h3-7,9,11,13-14,19H,1-2,8,10,12H2/t19-/m1/s1. The quantitative estimate of drug-likeness (QED) is 0.696. The van der Waals surface area contributed by atoms with E-state index in [9.17, 15) is 9.18 Å². The third-order valence-corrected chi connectivity index (χ3v) is 4.80. The monoisotopic (exact) mass is 365 g/mol. The van der Waals surface area contributed by atoms with E-state index in [2.05, 4.69) is 9.97 Å². The van der Waals surface area contributed by atoms with Crippen LogP contribution in [0.1, 0.15) is 52.9 Å². The zero-order valence-electron chi connectivity index (χ0n) is 14.8. The summed E-state index contributed by atoms with van der Waals surface area (Å²) in [6.07, 6.45) is 8.15. The largest absolute Gasteiger partial charge is 0.443 e. The van der Waals surface area contributed by atoms with Gasteiger partial charge in [-0.05, 0) is 49.1 Å². The van der Waals surface area contributed by atoms with Gasteiger partial charge in [-0.1, -0.05) is 12.1 Å². The minimum Gasteiger partial charge on any atom is -0.443 e. The Bertz CT molecular complexity index is 926. The lowest BCUT2D eigenvalue weighted by Gasteiger charge is -2.33. The average Bonchev–Trinajstić information content (AvgIpc) is 3.16. The number of carbonyl (C=O) groups is 1. The van der Waals surface area contributed by atoms with Crippen LogP contribution in [0.4, 0.5) is 4.39 Å². The van der Waals surface area contributed by atoms with Crippen molar-refractivity contribution in [3.8, 4) is 0 Å². The second-order valence-electron chi connectivity index (χ2n) is 6.72. The van der Waals surface area contributed by atoms with Crippen LogP contribution >= 0.6 is 0 Å². The Labute approximate surface area is 156 Å². The molecule has 1 aliphatic rings. The number of oxazole rings is 1. The van der Waals surface area contributed by atoms with Crippen LogP contribution in [0.2, 0.25) is 0 Å². The van der Waals surface area contributed by atoms with Gasteiger partial charge in [-0.2, -0.15) is 0 Å². The first kappa shape index (κ1) is 17.4. The molecule has 2 aromatic heterocycles. The third-order valence-electron chi connectivity index (χ3n) is 4.80. The fourth-order valence-electron chi connectivity index (χ4n) is 3.49. The Morgan fingerprint density at radius 2 is 2.15 bits per heavy atom. The van der Waals surface area contributed by atoms with E-state index in [1.165, 1.54) is 12.1 Å². The van der Waals surface area contributed by atoms with Crippen LogP contribution in [0.15, 0.2) is 59.4 Å². The number of aromatic nitrogens is 2. The molecule has 0 radical (unpaired) electrons. The summed E-state index contributed by atoms with van der Waals surface area (Å²) in [4.78, 5) is 23.2. The Hall–Kier alpha value is -3.02. The molecule has 0 spiro atoms. The molecule has 1 aromatic carbocycles. The predicted molar refractivity (Wildman–Crippen MR) is 97.6 cm³/mol. The molecule has 1 atom stereocenters. The molecule has 27 heavy (non-hydrogen) atoms. The fraction of sp³-hybridized carbons (Fsp3) is 0.286. The van der Waals surface area contributed by atoms with Crippen molar-refractivity contribution < 1.29 is 13.6 Å². The number of amides is 1. The second-order valence-corrected chi connectivity index (χ2v) is 6.72. The van der Waals surface area contributed by atoms with E-state index < -0.39 is 0 Å². The van der Waals surface area contributed by atoms with Crippen molar-refractivity contribution >= 4 is 5.91 Å². The van der Waals surface area contributed by atoms with Crippen LogP contribution in [0.25, 0.3) is 0 Å². The molecule has 1 fully saturated rings. The van der Waals surface area contributed by atoms with Gasteiger partial charge in [0.05, 0.1) is 11.8 Å².